The summed E-state index contributed by atoms with van der Waals surface area (Å²) in [7, 11) is 0. The van der Waals surface area contributed by atoms with E-state index in [9.17, 15) is 0 Å². The van der Waals surface area contributed by atoms with E-state index >= 15 is 0 Å². The Balaban J connectivity index is 3.98. The lowest BCUT2D eigenvalue weighted by Crippen LogP contribution is -1.87. The third kappa shape index (κ3) is 3.15. The van der Waals surface area contributed by atoms with Crippen molar-refractivity contribution in [2.24, 2.45) is 0 Å². The Labute approximate surface area is 63.2 Å². The molecule has 50 valence electrons. The summed E-state index contributed by atoms with van der Waals surface area (Å²) in [5, 5.41) is 8.30. The van der Waals surface area contributed by atoms with Gasteiger partial charge in [-0.1, -0.05) is 0 Å². The van der Waals surface area contributed by atoms with Crippen molar-refractivity contribution in [1.82, 2.24) is 0 Å². The number of nitriles is 1. The molecule has 0 heterocycles. The van der Waals surface area contributed by atoms with E-state index in [0.29, 0.717) is 16.8 Å². The fourth-order valence-electron chi connectivity index (χ4n) is 0.359. The molecule has 0 aliphatic rings. The van der Waals surface area contributed by atoms with Crippen LogP contribution in [0, 0.1) is 11.3 Å². The minimum atomic E-state index is 0.462. The first-order chi connectivity index (χ1) is 4.22. The molecule has 3 heteroatoms. The van der Waals surface area contributed by atoms with Crippen LogP contribution in [0.3, 0.4) is 0 Å². The van der Waals surface area contributed by atoms with E-state index in [-0.39, 0.29) is 0 Å². The number of nitrogens with zero attached hydrogens (tertiary/aromatic N) is 1. The molecule has 0 saturated carbocycles. The van der Waals surface area contributed by atoms with Gasteiger partial charge in [-0.15, -0.1) is 0 Å². The van der Waals surface area contributed by atoms with Crippen LogP contribution in [0.5, 0.6) is 0 Å². The van der Waals surface area contributed by atoms with Crippen LogP contribution in [-0.4, -0.2) is 6.61 Å². The lowest BCUT2D eigenvalue weighted by molar-refractivity contribution is 0.231. The first-order valence-electron chi connectivity index (χ1n) is 2.61. The average Bonchev–Trinajstić information content (AvgIpc) is 1.87. The van der Waals surface area contributed by atoms with Crippen molar-refractivity contribution in [3.63, 3.8) is 0 Å². The van der Waals surface area contributed by atoms with Gasteiger partial charge in [-0.05, 0) is 29.8 Å². The van der Waals surface area contributed by atoms with Crippen LogP contribution in [0.1, 0.15) is 13.8 Å². The van der Waals surface area contributed by atoms with Gasteiger partial charge in [-0.25, -0.2) is 0 Å². The van der Waals surface area contributed by atoms with Crippen molar-refractivity contribution in [3.8, 4) is 6.07 Å². The van der Waals surface area contributed by atoms with Gasteiger partial charge in [0, 0.05) is 0 Å². The standard InChI is InChI=1S/C6H8BrNO/c1-3-9-5(2)6(7)4-8/h3H2,1-2H3/b6-5-. The molecule has 0 radical (unpaired) electrons. The van der Waals surface area contributed by atoms with E-state index in [1.165, 1.54) is 0 Å². The number of ether oxygens (including phenoxy) is 1. The highest BCUT2D eigenvalue weighted by Crippen LogP contribution is 2.10. The molecular formula is C6H8BrNO. The van der Waals surface area contributed by atoms with Gasteiger partial charge in [-0.3, -0.25) is 0 Å². The highest BCUT2D eigenvalue weighted by atomic mass is 79.9. The monoisotopic (exact) mass is 189 g/mol. The summed E-state index contributed by atoms with van der Waals surface area (Å²) in [5.74, 6) is 0.639. The maximum Gasteiger partial charge on any atom is 0.132 e. The summed E-state index contributed by atoms with van der Waals surface area (Å²) >= 11 is 3.04. The van der Waals surface area contributed by atoms with Crippen molar-refractivity contribution < 1.29 is 4.74 Å². The third-order valence-corrected chi connectivity index (χ3v) is 1.50. The minimum absolute atomic E-state index is 0.462. The maximum atomic E-state index is 8.30. The summed E-state index contributed by atoms with van der Waals surface area (Å²) < 4.78 is 5.47. The Morgan fingerprint density at radius 2 is 2.33 bits per heavy atom. The zero-order chi connectivity index (χ0) is 7.28. The van der Waals surface area contributed by atoms with Gasteiger partial charge >= 0.3 is 0 Å². The topological polar surface area (TPSA) is 33.0 Å². The second-order valence-corrected chi connectivity index (χ2v) is 2.21. The molecule has 0 fully saturated rings. The van der Waals surface area contributed by atoms with Gasteiger partial charge in [0.05, 0.1) is 6.61 Å². The zero-order valence-corrected chi connectivity index (χ0v) is 7.03. The molecule has 0 bridgehead atoms. The van der Waals surface area contributed by atoms with E-state index in [1.807, 2.05) is 13.0 Å². The smallest absolute Gasteiger partial charge is 0.132 e. The highest BCUT2D eigenvalue weighted by Gasteiger charge is 1.94. The molecule has 0 amide bonds. The molecule has 0 rings (SSSR count). The molecule has 0 aliphatic heterocycles. The molecular weight excluding hydrogens is 182 g/mol. The Kier molecular flexibility index (Phi) is 4.16. The molecule has 0 N–H and O–H groups in total. The summed E-state index contributed by atoms with van der Waals surface area (Å²) in [5.41, 5.74) is 0. The maximum absolute atomic E-state index is 8.30. The van der Waals surface area contributed by atoms with Crippen LogP contribution in [-0.2, 0) is 4.74 Å². The molecule has 0 saturated heterocycles. The van der Waals surface area contributed by atoms with Crippen molar-refractivity contribution in [3.05, 3.63) is 10.2 Å². The van der Waals surface area contributed by atoms with E-state index in [2.05, 4.69) is 15.9 Å². The molecule has 0 aromatic carbocycles. The zero-order valence-electron chi connectivity index (χ0n) is 5.44. The second-order valence-electron chi connectivity index (χ2n) is 1.41. The number of rotatable bonds is 2. The Hall–Kier alpha value is -0.490. The molecule has 0 aromatic rings. The third-order valence-electron chi connectivity index (χ3n) is 0.768. The van der Waals surface area contributed by atoms with Crippen LogP contribution in [0.25, 0.3) is 0 Å². The molecule has 0 spiro atoms. The van der Waals surface area contributed by atoms with Crippen molar-refractivity contribution in [1.29, 1.82) is 5.26 Å². The fourth-order valence-corrected chi connectivity index (χ4v) is 0.473. The van der Waals surface area contributed by atoms with E-state index in [0.717, 1.165) is 0 Å². The van der Waals surface area contributed by atoms with Crippen LogP contribution < -0.4 is 0 Å². The fraction of sp³-hybridized carbons (Fsp3) is 0.500. The predicted molar refractivity (Wildman–Crippen MR) is 38.9 cm³/mol. The first-order valence-corrected chi connectivity index (χ1v) is 3.41. The van der Waals surface area contributed by atoms with Gasteiger partial charge in [0.25, 0.3) is 0 Å². The number of hydrogen-bond donors (Lipinski definition) is 0. The molecule has 9 heavy (non-hydrogen) atoms. The summed E-state index contributed by atoms with van der Waals surface area (Å²) in [6.45, 7) is 4.22. The molecule has 0 unspecified atom stereocenters. The van der Waals surface area contributed by atoms with Gasteiger partial charge in [0.1, 0.15) is 16.3 Å². The van der Waals surface area contributed by atoms with Gasteiger partial charge in [0.2, 0.25) is 0 Å². The Bertz CT molecular complexity index is 157. The minimum Gasteiger partial charge on any atom is -0.497 e. The lowest BCUT2D eigenvalue weighted by Gasteiger charge is -2.00. The molecule has 0 atom stereocenters. The molecule has 0 aromatic heterocycles. The summed E-state index contributed by atoms with van der Waals surface area (Å²) in [6, 6.07) is 1.92. The van der Waals surface area contributed by atoms with E-state index < -0.39 is 0 Å². The first kappa shape index (κ1) is 8.51. The van der Waals surface area contributed by atoms with Gasteiger partial charge in [0.15, 0.2) is 0 Å². The summed E-state index contributed by atoms with van der Waals surface area (Å²) in [6.07, 6.45) is 0. The largest absolute Gasteiger partial charge is 0.497 e. The predicted octanol–water partition coefficient (Wildman–Crippen LogP) is 2.17. The highest BCUT2D eigenvalue weighted by molar-refractivity contribution is 9.12. The molecule has 0 aliphatic carbocycles. The lowest BCUT2D eigenvalue weighted by atomic mass is 10.5. The van der Waals surface area contributed by atoms with E-state index in [1.54, 1.807) is 6.92 Å². The van der Waals surface area contributed by atoms with Gasteiger partial charge in [-0.2, -0.15) is 5.26 Å². The average molecular weight is 190 g/mol. The van der Waals surface area contributed by atoms with Crippen LogP contribution in [0.2, 0.25) is 0 Å². The Morgan fingerprint density at radius 1 is 1.78 bits per heavy atom. The van der Waals surface area contributed by atoms with Crippen molar-refractivity contribution >= 4 is 15.9 Å². The SMILES string of the molecule is CCO/C(C)=C(\Br)C#N. The van der Waals surface area contributed by atoms with Crippen molar-refractivity contribution in [2.75, 3.05) is 6.61 Å². The number of halogens is 1. The normalized spacial score (nSPS) is 11.8. The molecule has 2 nitrogen and oxygen atoms in total. The summed E-state index contributed by atoms with van der Waals surface area (Å²) in [4.78, 5) is 0. The second kappa shape index (κ2) is 4.39. The van der Waals surface area contributed by atoms with Crippen LogP contribution in [0.15, 0.2) is 10.2 Å². The number of allylic oxidation sites excluding steroid dienone is 2. The Morgan fingerprint density at radius 3 is 2.67 bits per heavy atom. The number of hydrogen-bond acceptors (Lipinski definition) is 2. The van der Waals surface area contributed by atoms with Crippen LogP contribution >= 0.6 is 15.9 Å². The van der Waals surface area contributed by atoms with Gasteiger partial charge < -0.3 is 4.74 Å². The quantitative estimate of drug-likeness (QED) is 0.493. The van der Waals surface area contributed by atoms with E-state index in [4.69, 9.17) is 10.00 Å². The van der Waals surface area contributed by atoms with Crippen molar-refractivity contribution in [2.45, 2.75) is 13.8 Å². The van der Waals surface area contributed by atoms with Crippen LogP contribution in [0.4, 0.5) is 0 Å².